The highest BCUT2D eigenvalue weighted by molar-refractivity contribution is 5.88. The lowest BCUT2D eigenvalue weighted by atomic mass is 10.1. The second-order valence-electron chi connectivity index (χ2n) is 3.68. The molecular weight excluding hydrogens is 252 g/mol. The summed E-state index contributed by atoms with van der Waals surface area (Å²) in [6.45, 7) is 1.69. The lowest BCUT2D eigenvalue weighted by Crippen LogP contribution is -2.05. The van der Waals surface area contributed by atoms with Gasteiger partial charge in [-0.25, -0.2) is 9.59 Å². The van der Waals surface area contributed by atoms with Crippen LogP contribution in [0.1, 0.15) is 12.5 Å². The Morgan fingerprint density at radius 2 is 2.16 bits per heavy atom. The number of fused-ring (bicyclic) bond motifs is 1. The Bertz CT molecular complexity index is 726. The molecule has 0 aliphatic heterocycles. The highest BCUT2D eigenvalue weighted by Gasteiger charge is 2.13. The van der Waals surface area contributed by atoms with Crippen LogP contribution in [0.4, 0.5) is 4.79 Å². The van der Waals surface area contributed by atoms with E-state index in [1.165, 1.54) is 24.3 Å². The van der Waals surface area contributed by atoms with E-state index in [4.69, 9.17) is 9.52 Å². The number of carbonyl (C=O) groups is 1. The molecule has 0 spiro atoms. The normalized spacial score (nSPS) is 11.0. The standard InChI is InChI=1S/C13H10O6/c1-2-3-8-11(14)9-6-7(18-13(16)17)4-5-10(9)19-12(8)15/h2-6,14H,1H3,(H,16,17). The highest BCUT2D eigenvalue weighted by atomic mass is 16.7. The molecule has 2 rings (SSSR count). The predicted molar refractivity (Wildman–Crippen MR) is 67.5 cm³/mol. The van der Waals surface area contributed by atoms with Gasteiger partial charge in [0, 0.05) is 0 Å². The molecule has 0 amide bonds. The highest BCUT2D eigenvalue weighted by Crippen LogP contribution is 2.30. The Balaban J connectivity index is 2.70. The summed E-state index contributed by atoms with van der Waals surface area (Å²) < 4.78 is 9.49. The maximum absolute atomic E-state index is 11.6. The van der Waals surface area contributed by atoms with E-state index in [0.29, 0.717) is 0 Å². The van der Waals surface area contributed by atoms with Crippen LogP contribution < -0.4 is 10.4 Å². The molecular formula is C13H10O6. The number of ether oxygens (including phenoxy) is 1. The first kappa shape index (κ1) is 12.7. The minimum absolute atomic E-state index is 0.00229. The van der Waals surface area contributed by atoms with E-state index in [-0.39, 0.29) is 28.0 Å². The fourth-order valence-electron chi connectivity index (χ4n) is 1.66. The van der Waals surface area contributed by atoms with Gasteiger partial charge in [-0.05, 0) is 31.2 Å². The van der Waals surface area contributed by atoms with Gasteiger partial charge in [0.2, 0.25) is 0 Å². The second-order valence-corrected chi connectivity index (χ2v) is 3.68. The molecule has 2 aromatic rings. The summed E-state index contributed by atoms with van der Waals surface area (Å²) in [6.07, 6.45) is 1.52. The van der Waals surface area contributed by atoms with E-state index >= 15 is 0 Å². The smallest absolute Gasteiger partial charge is 0.506 e. The zero-order valence-corrected chi connectivity index (χ0v) is 9.91. The Kier molecular flexibility index (Phi) is 3.24. The molecule has 1 heterocycles. The average Bonchev–Trinajstić information content (AvgIpc) is 2.35. The summed E-state index contributed by atoms with van der Waals surface area (Å²) in [7, 11) is 0. The molecule has 0 saturated heterocycles. The van der Waals surface area contributed by atoms with E-state index < -0.39 is 11.8 Å². The molecule has 0 atom stereocenters. The molecule has 1 aromatic heterocycles. The fraction of sp³-hybridized carbons (Fsp3) is 0.0769. The summed E-state index contributed by atoms with van der Waals surface area (Å²) in [5.41, 5.74) is -0.522. The number of hydrogen-bond acceptors (Lipinski definition) is 5. The molecule has 0 radical (unpaired) electrons. The zero-order valence-electron chi connectivity index (χ0n) is 9.91. The average molecular weight is 262 g/mol. The van der Waals surface area contributed by atoms with Gasteiger partial charge < -0.3 is 19.4 Å². The third-order valence-corrected chi connectivity index (χ3v) is 2.42. The number of allylic oxidation sites excluding steroid dienone is 1. The van der Waals surface area contributed by atoms with Crippen LogP contribution in [-0.2, 0) is 0 Å². The van der Waals surface area contributed by atoms with Crippen LogP contribution >= 0.6 is 0 Å². The van der Waals surface area contributed by atoms with Crippen LogP contribution in [0.25, 0.3) is 17.0 Å². The van der Waals surface area contributed by atoms with Crippen LogP contribution in [0.3, 0.4) is 0 Å². The van der Waals surface area contributed by atoms with E-state index in [1.807, 2.05) is 0 Å². The van der Waals surface area contributed by atoms with Crippen molar-refractivity contribution in [3.63, 3.8) is 0 Å². The molecule has 0 bridgehead atoms. The van der Waals surface area contributed by atoms with Crippen molar-refractivity contribution < 1.29 is 24.2 Å². The van der Waals surface area contributed by atoms with Gasteiger partial charge in [0.15, 0.2) is 0 Å². The minimum atomic E-state index is -1.47. The van der Waals surface area contributed by atoms with Crippen molar-refractivity contribution in [3.05, 3.63) is 40.3 Å². The summed E-state index contributed by atoms with van der Waals surface area (Å²) in [6, 6.07) is 3.97. The third kappa shape index (κ3) is 2.42. The van der Waals surface area contributed by atoms with Gasteiger partial charge in [-0.1, -0.05) is 6.08 Å². The Hall–Kier alpha value is -2.76. The lowest BCUT2D eigenvalue weighted by molar-refractivity contribution is 0.144. The third-order valence-electron chi connectivity index (χ3n) is 2.42. The van der Waals surface area contributed by atoms with Crippen molar-refractivity contribution in [1.29, 1.82) is 0 Å². The maximum Gasteiger partial charge on any atom is 0.511 e. The van der Waals surface area contributed by atoms with E-state index in [9.17, 15) is 14.7 Å². The molecule has 0 fully saturated rings. The van der Waals surface area contributed by atoms with E-state index in [2.05, 4.69) is 4.74 Å². The molecule has 0 aliphatic carbocycles. The first-order valence-electron chi connectivity index (χ1n) is 5.36. The van der Waals surface area contributed by atoms with Crippen LogP contribution in [0.2, 0.25) is 0 Å². The van der Waals surface area contributed by atoms with Crippen molar-refractivity contribution in [2.45, 2.75) is 6.92 Å². The number of hydrogen-bond donors (Lipinski definition) is 2. The Labute approximate surface area is 107 Å². The maximum atomic E-state index is 11.6. The SMILES string of the molecule is CC=Cc1c(O)c2cc(OC(=O)O)ccc2oc1=O. The van der Waals surface area contributed by atoms with Crippen molar-refractivity contribution in [2.75, 3.05) is 0 Å². The molecule has 0 saturated carbocycles. The fourth-order valence-corrected chi connectivity index (χ4v) is 1.66. The summed E-state index contributed by atoms with van der Waals surface area (Å²) in [5, 5.41) is 18.7. The van der Waals surface area contributed by atoms with Gasteiger partial charge >= 0.3 is 11.8 Å². The van der Waals surface area contributed by atoms with E-state index in [1.54, 1.807) is 13.0 Å². The van der Waals surface area contributed by atoms with Crippen LogP contribution in [0.15, 0.2) is 33.5 Å². The van der Waals surface area contributed by atoms with Crippen molar-refractivity contribution >= 4 is 23.2 Å². The monoisotopic (exact) mass is 262 g/mol. The quantitative estimate of drug-likeness (QED) is 0.490. The van der Waals surface area contributed by atoms with Gasteiger partial charge in [-0.3, -0.25) is 0 Å². The van der Waals surface area contributed by atoms with Gasteiger partial charge in [-0.15, -0.1) is 0 Å². The molecule has 0 unspecified atom stereocenters. The van der Waals surface area contributed by atoms with Gasteiger partial charge in [0.05, 0.1) is 5.39 Å². The zero-order chi connectivity index (χ0) is 14.0. The molecule has 6 nitrogen and oxygen atoms in total. The second kappa shape index (κ2) is 4.85. The molecule has 0 aliphatic rings. The van der Waals surface area contributed by atoms with Crippen molar-refractivity contribution in [3.8, 4) is 11.5 Å². The topological polar surface area (TPSA) is 97.0 Å². The first-order chi connectivity index (χ1) is 9.02. The van der Waals surface area contributed by atoms with Crippen molar-refractivity contribution in [2.24, 2.45) is 0 Å². The van der Waals surface area contributed by atoms with Gasteiger partial charge in [-0.2, -0.15) is 0 Å². The van der Waals surface area contributed by atoms with Crippen LogP contribution in [-0.4, -0.2) is 16.4 Å². The summed E-state index contributed by atoms with van der Waals surface area (Å²) >= 11 is 0. The number of rotatable bonds is 2. The number of carboxylic acid groups (broad SMARTS) is 1. The molecule has 19 heavy (non-hydrogen) atoms. The molecule has 2 N–H and O–H groups in total. The van der Waals surface area contributed by atoms with Crippen LogP contribution in [0.5, 0.6) is 11.5 Å². The first-order valence-corrected chi connectivity index (χ1v) is 5.36. The summed E-state index contributed by atoms with van der Waals surface area (Å²) in [5.74, 6) is -0.254. The number of aromatic hydroxyl groups is 1. The Morgan fingerprint density at radius 3 is 2.79 bits per heavy atom. The van der Waals surface area contributed by atoms with Crippen LogP contribution in [0, 0.1) is 0 Å². The number of benzene rings is 1. The molecule has 6 heteroatoms. The van der Waals surface area contributed by atoms with Gasteiger partial charge in [0.1, 0.15) is 22.6 Å². The van der Waals surface area contributed by atoms with Gasteiger partial charge in [0.25, 0.3) is 0 Å². The lowest BCUT2D eigenvalue weighted by Gasteiger charge is -2.05. The minimum Gasteiger partial charge on any atom is -0.506 e. The summed E-state index contributed by atoms with van der Waals surface area (Å²) in [4.78, 5) is 22.0. The molecule has 1 aromatic carbocycles. The van der Waals surface area contributed by atoms with E-state index in [0.717, 1.165) is 0 Å². The van der Waals surface area contributed by atoms with Crippen molar-refractivity contribution in [1.82, 2.24) is 0 Å². The predicted octanol–water partition coefficient (Wildman–Crippen LogP) is 2.59. The molecule has 98 valence electrons. The Morgan fingerprint density at radius 1 is 1.42 bits per heavy atom. The largest absolute Gasteiger partial charge is 0.511 e.